The van der Waals surface area contributed by atoms with Crippen molar-refractivity contribution in [2.24, 2.45) is 0 Å². The number of carbonyl (C=O) groups excluding carboxylic acids is 1. The second kappa shape index (κ2) is 9.29. The molecule has 2 heterocycles. The summed E-state index contributed by atoms with van der Waals surface area (Å²) in [5, 5.41) is 11.9. The molecule has 0 saturated heterocycles. The van der Waals surface area contributed by atoms with Gasteiger partial charge in [-0.1, -0.05) is 11.2 Å². The zero-order chi connectivity index (χ0) is 15.6. The van der Waals surface area contributed by atoms with E-state index in [0.717, 1.165) is 18.0 Å². The van der Waals surface area contributed by atoms with Crippen LogP contribution in [0.1, 0.15) is 12.3 Å². The monoisotopic (exact) mass is 324 g/mol. The van der Waals surface area contributed by atoms with Crippen molar-refractivity contribution in [1.29, 1.82) is 0 Å². The molecular weight excluding hydrogens is 304 g/mol. The van der Waals surface area contributed by atoms with Crippen LogP contribution >= 0.6 is 11.3 Å². The molecule has 0 aliphatic rings. The van der Waals surface area contributed by atoms with E-state index >= 15 is 0 Å². The molecule has 120 valence electrons. The molecule has 2 aromatic heterocycles. The Hall–Kier alpha value is -1.77. The number of thiophene rings is 1. The van der Waals surface area contributed by atoms with Crippen LogP contribution in [0.5, 0.6) is 0 Å². The van der Waals surface area contributed by atoms with E-state index in [1.807, 2.05) is 17.5 Å². The Bertz CT molecular complexity index is 556. The van der Waals surface area contributed by atoms with Crippen LogP contribution in [-0.4, -0.2) is 49.4 Å². The molecule has 0 spiro atoms. The van der Waals surface area contributed by atoms with Gasteiger partial charge in [-0.25, -0.2) is 0 Å². The topological polar surface area (TPSA) is 89.3 Å². The van der Waals surface area contributed by atoms with Crippen molar-refractivity contribution in [3.63, 3.8) is 0 Å². The fourth-order valence-corrected chi connectivity index (χ4v) is 2.41. The summed E-state index contributed by atoms with van der Waals surface area (Å²) < 4.78 is 10.1. The van der Waals surface area contributed by atoms with Gasteiger partial charge >= 0.3 is 0 Å². The van der Waals surface area contributed by atoms with Crippen LogP contribution in [0.3, 0.4) is 0 Å². The minimum atomic E-state index is -0.0237. The van der Waals surface area contributed by atoms with E-state index in [2.05, 4.69) is 20.8 Å². The Morgan fingerprint density at radius 1 is 1.41 bits per heavy atom. The molecule has 0 radical (unpaired) electrons. The number of ether oxygens (including phenoxy) is 1. The third-order valence-corrected chi connectivity index (χ3v) is 3.75. The SMILES string of the molecule is COCCNCCNC(=O)CCc1nc(-c2cccs2)no1. The van der Waals surface area contributed by atoms with E-state index < -0.39 is 0 Å². The van der Waals surface area contributed by atoms with Gasteiger partial charge in [0, 0.05) is 39.6 Å². The minimum absolute atomic E-state index is 0.0237. The molecule has 2 N–H and O–H groups in total. The van der Waals surface area contributed by atoms with Gasteiger partial charge in [-0.05, 0) is 11.4 Å². The molecule has 0 bridgehead atoms. The normalized spacial score (nSPS) is 10.8. The van der Waals surface area contributed by atoms with Gasteiger partial charge in [-0.15, -0.1) is 11.3 Å². The second-order valence-corrected chi connectivity index (χ2v) is 5.53. The number of hydrogen-bond acceptors (Lipinski definition) is 7. The highest BCUT2D eigenvalue weighted by Gasteiger charge is 2.10. The molecule has 2 rings (SSSR count). The standard InChI is InChI=1S/C14H20N4O3S/c1-20-9-8-15-6-7-16-12(19)4-5-13-17-14(18-21-13)11-3-2-10-22-11/h2-3,10,15H,4-9H2,1H3,(H,16,19). The quantitative estimate of drug-likeness (QED) is 0.636. The van der Waals surface area contributed by atoms with E-state index in [9.17, 15) is 4.79 Å². The zero-order valence-electron chi connectivity index (χ0n) is 12.5. The summed E-state index contributed by atoms with van der Waals surface area (Å²) in [5.74, 6) is 1.04. The molecule has 0 aliphatic heterocycles. The van der Waals surface area contributed by atoms with E-state index in [0.29, 0.717) is 37.7 Å². The van der Waals surface area contributed by atoms with Crippen LogP contribution in [0.25, 0.3) is 10.7 Å². The number of nitrogens with one attached hydrogen (secondary N) is 2. The maximum atomic E-state index is 11.7. The average Bonchev–Trinajstić information content (AvgIpc) is 3.19. The Balaban J connectivity index is 1.62. The fraction of sp³-hybridized carbons (Fsp3) is 0.500. The van der Waals surface area contributed by atoms with Crippen molar-refractivity contribution in [3.05, 3.63) is 23.4 Å². The summed E-state index contributed by atoms with van der Waals surface area (Å²) >= 11 is 1.55. The maximum Gasteiger partial charge on any atom is 0.227 e. The largest absolute Gasteiger partial charge is 0.383 e. The number of carbonyl (C=O) groups is 1. The highest BCUT2D eigenvalue weighted by atomic mass is 32.1. The van der Waals surface area contributed by atoms with Crippen molar-refractivity contribution in [2.45, 2.75) is 12.8 Å². The van der Waals surface area contributed by atoms with Gasteiger partial charge in [0.05, 0.1) is 11.5 Å². The molecule has 7 nitrogen and oxygen atoms in total. The number of methoxy groups -OCH3 is 1. The maximum absolute atomic E-state index is 11.7. The highest BCUT2D eigenvalue weighted by molar-refractivity contribution is 7.13. The summed E-state index contributed by atoms with van der Waals surface area (Å²) in [5.41, 5.74) is 0. The molecule has 8 heteroatoms. The molecule has 22 heavy (non-hydrogen) atoms. The molecule has 1 amide bonds. The predicted octanol–water partition coefficient (Wildman–Crippen LogP) is 1.08. The summed E-state index contributed by atoms with van der Waals surface area (Å²) in [6, 6.07) is 3.87. The molecule has 0 fully saturated rings. The van der Waals surface area contributed by atoms with Gasteiger partial charge < -0.3 is 19.9 Å². The van der Waals surface area contributed by atoms with Crippen LogP contribution in [-0.2, 0) is 16.0 Å². The number of hydrogen-bond donors (Lipinski definition) is 2. The van der Waals surface area contributed by atoms with Crippen molar-refractivity contribution in [2.75, 3.05) is 33.4 Å². The number of aryl methyl sites for hydroxylation is 1. The molecule has 0 atom stereocenters. The number of rotatable bonds is 10. The van der Waals surface area contributed by atoms with Crippen molar-refractivity contribution in [1.82, 2.24) is 20.8 Å². The third kappa shape index (κ3) is 5.55. The molecule has 0 saturated carbocycles. The summed E-state index contributed by atoms with van der Waals surface area (Å²) in [4.78, 5) is 16.9. The van der Waals surface area contributed by atoms with Crippen molar-refractivity contribution >= 4 is 17.2 Å². The van der Waals surface area contributed by atoms with Gasteiger partial charge in [0.1, 0.15) is 0 Å². The Morgan fingerprint density at radius 3 is 3.09 bits per heavy atom. The lowest BCUT2D eigenvalue weighted by molar-refractivity contribution is -0.121. The van der Waals surface area contributed by atoms with E-state index in [1.54, 1.807) is 18.4 Å². The minimum Gasteiger partial charge on any atom is -0.383 e. The predicted molar refractivity (Wildman–Crippen MR) is 83.7 cm³/mol. The third-order valence-electron chi connectivity index (χ3n) is 2.88. The second-order valence-electron chi connectivity index (χ2n) is 4.58. The van der Waals surface area contributed by atoms with Crippen molar-refractivity contribution < 1.29 is 14.1 Å². The van der Waals surface area contributed by atoms with Gasteiger partial charge in [-0.2, -0.15) is 4.98 Å². The first-order chi connectivity index (χ1) is 10.8. The van der Waals surface area contributed by atoms with Gasteiger partial charge in [0.15, 0.2) is 0 Å². The van der Waals surface area contributed by atoms with Gasteiger partial charge in [0.25, 0.3) is 0 Å². The molecular formula is C14H20N4O3S. The summed E-state index contributed by atoms with van der Waals surface area (Å²) in [6.45, 7) is 2.75. The Labute approximate surface area is 133 Å². The fourth-order valence-electron chi connectivity index (χ4n) is 1.76. The van der Waals surface area contributed by atoms with Crippen LogP contribution < -0.4 is 10.6 Å². The van der Waals surface area contributed by atoms with Crippen LogP contribution in [0, 0.1) is 0 Å². The molecule has 0 aliphatic carbocycles. The first-order valence-electron chi connectivity index (χ1n) is 7.12. The number of nitrogens with zero attached hydrogens (tertiary/aromatic N) is 2. The molecule has 2 aromatic rings. The van der Waals surface area contributed by atoms with E-state index in [-0.39, 0.29) is 5.91 Å². The lowest BCUT2D eigenvalue weighted by atomic mass is 10.3. The van der Waals surface area contributed by atoms with E-state index in [4.69, 9.17) is 9.26 Å². The molecule has 0 unspecified atom stereocenters. The Kier molecular flexibility index (Phi) is 7.01. The number of amides is 1. The number of aromatic nitrogens is 2. The lowest BCUT2D eigenvalue weighted by Gasteiger charge is -2.05. The average molecular weight is 324 g/mol. The lowest BCUT2D eigenvalue weighted by Crippen LogP contribution is -2.33. The van der Waals surface area contributed by atoms with Crippen molar-refractivity contribution in [3.8, 4) is 10.7 Å². The Morgan fingerprint density at radius 2 is 2.32 bits per heavy atom. The van der Waals surface area contributed by atoms with E-state index in [1.165, 1.54) is 0 Å². The first kappa shape index (κ1) is 16.6. The van der Waals surface area contributed by atoms with Crippen LogP contribution in [0.15, 0.2) is 22.0 Å². The highest BCUT2D eigenvalue weighted by Crippen LogP contribution is 2.21. The van der Waals surface area contributed by atoms with Crippen LogP contribution in [0.2, 0.25) is 0 Å². The van der Waals surface area contributed by atoms with Gasteiger partial charge in [0.2, 0.25) is 17.6 Å². The van der Waals surface area contributed by atoms with Crippen LogP contribution in [0.4, 0.5) is 0 Å². The summed E-state index contributed by atoms with van der Waals surface area (Å²) in [6.07, 6.45) is 0.783. The van der Waals surface area contributed by atoms with Gasteiger partial charge in [-0.3, -0.25) is 4.79 Å². The first-order valence-corrected chi connectivity index (χ1v) is 8.00. The molecule has 0 aromatic carbocycles. The zero-order valence-corrected chi connectivity index (χ0v) is 13.3. The summed E-state index contributed by atoms with van der Waals surface area (Å²) in [7, 11) is 1.66. The smallest absolute Gasteiger partial charge is 0.227 e.